The second kappa shape index (κ2) is 7.30. The van der Waals surface area contributed by atoms with Gasteiger partial charge in [0.25, 0.3) is 0 Å². The molecule has 1 atom stereocenters. The van der Waals surface area contributed by atoms with Gasteiger partial charge in [0.05, 0.1) is 25.7 Å². The van der Waals surface area contributed by atoms with Gasteiger partial charge in [-0.3, -0.25) is 4.57 Å². The summed E-state index contributed by atoms with van der Waals surface area (Å²) in [5.41, 5.74) is 1.05. The van der Waals surface area contributed by atoms with Crippen molar-refractivity contribution in [3.05, 3.63) is 65.2 Å². The number of nitriles is 1. The highest BCUT2D eigenvalue weighted by molar-refractivity contribution is 5.93. The molecule has 0 unspecified atom stereocenters. The first-order valence-corrected chi connectivity index (χ1v) is 8.13. The third kappa shape index (κ3) is 3.13. The van der Waals surface area contributed by atoms with Gasteiger partial charge in [-0.05, 0) is 36.8 Å². The molecule has 1 aromatic carbocycles. The molecule has 3 rings (SSSR count). The molecule has 0 saturated heterocycles. The van der Waals surface area contributed by atoms with Crippen LogP contribution in [-0.4, -0.2) is 29.9 Å². The molecule has 0 fully saturated rings. The first-order valence-electron chi connectivity index (χ1n) is 8.13. The van der Waals surface area contributed by atoms with Crippen LogP contribution in [0.4, 0.5) is 0 Å². The number of phenolic OH excluding ortho intramolecular Hbond substituents is 1. The van der Waals surface area contributed by atoms with E-state index in [9.17, 15) is 15.2 Å². The van der Waals surface area contributed by atoms with Crippen LogP contribution in [0.3, 0.4) is 0 Å². The van der Waals surface area contributed by atoms with E-state index in [0.29, 0.717) is 17.2 Å². The summed E-state index contributed by atoms with van der Waals surface area (Å²) in [5, 5.41) is 19.8. The number of hydrogen-bond donors (Lipinski definition) is 1. The van der Waals surface area contributed by atoms with Gasteiger partial charge < -0.3 is 19.3 Å². The Morgan fingerprint density at radius 2 is 2.00 bits per heavy atom. The highest BCUT2D eigenvalue weighted by Crippen LogP contribution is 2.43. The number of aromatic hydroxyl groups is 1. The summed E-state index contributed by atoms with van der Waals surface area (Å²) in [6.45, 7) is 1.65. The lowest BCUT2D eigenvalue weighted by Crippen LogP contribution is -2.23. The van der Waals surface area contributed by atoms with Gasteiger partial charge in [0.2, 0.25) is 5.88 Å². The third-order valence-electron chi connectivity index (χ3n) is 4.34. The Hall–Kier alpha value is -3.66. The van der Waals surface area contributed by atoms with Gasteiger partial charge in [0, 0.05) is 12.4 Å². The molecule has 2 aromatic rings. The first kappa shape index (κ1) is 18.1. The quantitative estimate of drug-likeness (QED) is 0.836. The number of aromatic nitrogens is 1. The van der Waals surface area contributed by atoms with Crippen LogP contribution in [0.5, 0.6) is 11.5 Å². The molecule has 0 bridgehead atoms. The minimum Gasteiger partial charge on any atom is -0.504 e. The van der Waals surface area contributed by atoms with Gasteiger partial charge in [0.1, 0.15) is 17.4 Å². The van der Waals surface area contributed by atoms with Crippen LogP contribution < -0.4 is 4.74 Å². The Bertz CT molecular complexity index is 980. The summed E-state index contributed by atoms with van der Waals surface area (Å²) < 4.78 is 17.6. The van der Waals surface area contributed by atoms with Gasteiger partial charge in [0.15, 0.2) is 11.5 Å². The minimum atomic E-state index is -0.733. The summed E-state index contributed by atoms with van der Waals surface area (Å²) >= 11 is 0. The van der Waals surface area contributed by atoms with Crippen LogP contribution in [0.1, 0.15) is 18.4 Å². The Morgan fingerprint density at radius 3 is 2.59 bits per heavy atom. The smallest absolute Gasteiger partial charge is 0.338 e. The number of ether oxygens (including phenoxy) is 3. The van der Waals surface area contributed by atoms with Crippen LogP contribution in [0.15, 0.2) is 59.6 Å². The highest BCUT2D eigenvalue weighted by Gasteiger charge is 2.37. The number of benzene rings is 1. The first-order chi connectivity index (χ1) is 13.0. The van der Waals surface area contributed by atoms with Gasteiger partial charge in [-0.1, -0.05) is 6.07 Å². The fraction of sp³-hybridized carbons (Fsp3) is 0.200. The van der Waals surface area contributed by atoms with Crippen molar-refractivity contribution in [2.75, 3.05) is 14.2 Å². The molecule has 27 heavy (non-hydrogen) atoms. The molecule has 0 saturated carbocycles. The Labute approximate surface area is 156 Å². The molecule has 0 aliphatic carbocycles. The molecule has 0 radical (unpaired) electrons. The summed E-state index contributed by atoms with van der Waals surface area (Å²) in [6, 6.07) is 10.4. The van der Waals surface area contributed by atoms with E-state index in [1.54, 1.807) is 48.1 Å². The van der Waals surface area contributed by atoms with E-state index in [2.05, 4.69) is 6.07 Å². The van der Waals surface area contributed by atoms with Crippen LogP contribution >= 0.6 is 0 Å². The lowest BCUT2D eigenvalue weighted by atomic mass is 9.83. The van der Waals surface area contributed by atoms with E-state index in [-0.39, 0.29) is 22.6 Å². The number of nitrogens with zero attached hydrogens (tertiary/aromatic N) is 2. The number of phenols is 1. The van der Waals surface area contributed by atoms with Gasteiger partial charge >= 0.3 is 5.97 Å². The lowest BCUT2D eigenvalue weighted by molar-refractivity contribution is -0.136. The third-order valence-corrected chi connectivity index (χ3v) is 4.34. The van der Waals surface area contributed by atoms with Crippen molar-refractivity contribution >= 4 is 11.9 Å². The zero-order chi connectivity index (χ0) is 19.6. The maximum absolute atomic E-state index is 12.5. The van der Waals surface area contributed by atoms with Gasteiger partial charge in [-0.15, -0.1) is 0 Å². The van der Waals surface area contributed by atoms with Crippen molar-refractivity contribution in [2.45, 2.75) is 12.8 Å². The van der Waals surface area contributed by atoms with E-state index in [0.717, 1.165) is 0 Å². The Morgan fingerprint density at radius 1 is 1.30 bits per heavy atom. The van der Waals surface area contributed by atoms with Crippen molar-refractivity contribution in [1.82, 2.24) is 4.57 Å². The summed E-state index contributed by atoms with van der Waals surface area (Å²) in [6.07, 6.45) is 3.50. The van der Waals surface area contributed by atoms with Crippen LogP contribution in [0.25, 0.3) is 5.88 Å². The zero-order valence-electron chi connectivity index (χ0n) is 15.1. The maximum Gasteiger partial charge on any atom is 0.338 e. The molecule has 2 heterocycles. The Kier molecular flexibility index (Phi) is 4.90. The lowest BCUT2D eigenvalue weighted by Gasteiger charge is -2.28. The minimum absolute atomic E-state index is 0.0400. The number of rotatable bonds is 4. The van der Waals surface area contributed by atoms with Crippen molar-refractivity contribution in [2.24, 2.45) is 0 Å². The molecule has 1 N–H and O–H groups in total. The second-order valence-corrected chi connectivity index (χ2v) is 5.85. The molecular weight excluding hydrogens is 348 g/mol. The molecule has 138 valence electrons. The summed E-state index contributed by atoms with van der Waals surface area (Å²) in [7, 11) is 2.70. The predicted molar refractivity (Wildman–Crippen MR) is 96.5 cm³/mol. The fourth-order valence-electron chi connectivity index (χ4n) is 3.08. The number of allylic oxidation sites excluding steroid dienone is 2. The molecule has 1 aliphatic rings. The molecule has 1 aliphatic heterocycles. The number of methoxy groups -OCH3 is 2. The fourth-order valence-corrected chi connectivity index (χ4v) is 3.08. The van der Waals surface area contributed by atoms with E-state index in [4.69, 9.17) is 14.2 Å². The number of esters is 1. The summed E-state index contributed by atoms with van der Waals surface area (Å²) in [5.74, 6) is -0.486. The standard InChI is InChI=1S/C20H18N2O5/c1-12-17(20(24)26-3)18(13-6-7-15(23)16(10-13)25-2)14(11-21)19(27-12)22-8-4-5-9-22/h4-10,18,23H,1-3H3/t18-/m1/s1. The van der Waals surface area contributed by atoms with Crippen molar-refractivity contribution < 1.29 is 24.1 Å². The zero-order valence-corrected chi connectivity index (χ0v) is 15.1. The normalized spacial score (nSPS) is 16.6. The van der Waals surface area contributed by atoms with Crippen molar-refractivity contribution in [1.29, 1.82) is 5.26 Å². The van der Waals surface area contributed by atoms with Crippen molar-refractivity contribution in [3.8, 4) is 17.6 Å². The average molecular weight is 366 g/mol. The molecule has 0 spiro atoms. The van der Waals surface area contributed by atoms with Gasteiger partial charge in [-0.25, -0.2) is 4.79 Å². The average Bonchev–Trinajstić information content (AvgIpc) is 3.21. The van der Waals surface area contributed by atoms with Gasteiger partial charge in [-0.2, -0.15) is 5.26 Å². The van der Waals surface area contributed by atoms with Crippen LogP contribution in [0.2, 0.25) is 0 Å². The van der Waals surface area contributed by atoms with Crippen LogP contribution in [0, 0.1) is 11.3 Å². The Balaban J connectivity index is 2.26. The van der Waals surface area contributed by atoms with E-state index < -0.39 is 11.9 Å². The monoisotopic (exact) mass is 366 g/mol. The molecule has 7 heteroatoms. The predicted octanol–water partition coefficient (Wildman–Crippen LogP) is 3.16. The maximum atomic E-state index is 12.5. The molecular formula is C20H18N2O5. The number of carbonyl (C=O) groups is 1. The summed E-state index contributed by atoms with van der Waals surface area (Å²) in [4.78, 5) is 12.5. The van der Waals surface area contributed by atoms with Crippen molar-refractivity contribution in [3.63, 3.8) is 0 Å². The number of hydrogen-bond acceptors (Lipinski definition) is 6. The highest BCUT2D eigenvalue weighted by atomic mass is 16.5. The number of carbonyl (C=O) groups excluding carboxylic acids is 1. The SMILES string of the molecule is COC(=O)C1=C(C)OC(n2cccc2)=C(C#N)[C@H]1c1ccc(O)c(OC)c1. The molecule has 0 amide bonds. The molecule has 1 aromatic heterocycles. The van der Waals surface area contributed by atoms with E-state index in [1.165, 1.54) is 20.3 Å². The van der Waals surface area contributed by atoms with Crippen LogP contribution in [-0.2, 0) is 14.3 Å². The largest absolute Gasteiger partial charge is 0.504 e. The van der Waals surface area contributed by atoms with E-state index >= 15 is 0 Å². The second-order valence-electron chi connectivity index (χ2n) is 5.85. The topological polar surface area (TPSA) is 93.7 Å². The molecule has 7 nitrogen and oxygen atoms in total. The van der Waals surface area contributed by atoms with E-state index in [1.807, 2.05) is 0 Å².